The van der Waals surface area contributed by atoms with Gasteiger partial charge in [0.25, 0.3) is 0 Å². The summed E-state index contributed by atoms with van der Waals surface area (Å²) in [5.41, 5.74) is 9.52. The molecule has 1 nitrogen and oxygen atoms in total. The lowest BCUT2D eigenvalue weighted by molar-refractivity contribution is 0.607. The van der Waals surface area contributed by atoms with E-state index in [9.17, 15) is 4.39 Å². The Bertz CT molecular complexity index is 605. The Morgan fingerprint density at radius 1 is 1.16 bits per heavy atom. The monoisotopic (exact) mass is 433 g/mol. The zero-order valence-electron chi connectivity index (χ0n) is 10.7. The number of rotatable bonds is 2. The summed E-state index contributed by atoms with van der Waals surface area (Å²) >= 11 is 5.78. The number of hydrogen-bond acceptors (Lipinski definition) is 1. The van der Waals surface area contributed by atoms with Crippen molar-refractivity contribution >= 4 is 38.5 Å². The van der Waals surface area contributed by atoms with E-state index in [1.165, 1.54) is 0 Å². The second-order valence-electron chi connectivity index (χ2n) is 4.61. The molecule has 2 N–H and O–H groups in total. The average Bonchev–Trinajstić information content (AvgIpc) is 2.37. The number of halogens is 3. The molecule has 4 heteroatoms. The van der Waals surface area contributed by atoms with Crippen molar-refractivity contribution in [1.29, 1.82) is 0 Å². The van der Waals surface area contributed by atoms with Gasteiger partial charge in [-0.15, -0.1) is 0 Å². The maximum atomic E-state index is 13.7. The summed E-state index contributed by atoms with van der Waals surface area (Å²) in [6.45, 7) is 3.53. The lowest BCUT2D eigenvalue weighted by atomic mass is 9.96. The van der Waals surface area contributed by atoms with E-state index in [-0.39, 0.29) is 11.9 Å². The van der Waals surface area contributed by atoms with E-state index in [0.29, 0.717) is 11.1 Å². The molecule has 100 valence electrons. The van der Waals surface area contributed by atoms with Crippen LogP contribution in [0.5, 0.6) is 0 Å². The van der Waals surface area contributed by atoms with Crippen molar-refractivity contribution in [2.45, 2.75) is 19.9 Å². The van der Waals surface area contributed by atoms with Crippen molar-refractivity contribution in [3.05, 3.63) is 66.4 Å². The van der Waals surface area contributed by atoms with Gasteiger partial charge in [-0.05, 0) is 76.9 Å². The molecule has 0 amide bonds. The Kier molecular flexibility index (Phi) is 4.63. The molecular formula is C15H14BrFIN. The van der Waals surface area contributed by atoms with Crippen LogP contribution in [0.25, 0.3) is 0 Å². The third-order valence-electron chi connectivity index (χ3n) is 3.11. The van der Waals surface area contributed by atoms with Crippen LogP contribution in [0.3, 0.4) is 0 Å². The van der Waals surface area contributed by atoms with E-state index in [4.69, 9.17) is 5.73 Å². The fraction of sp³-hybridized carbons (Fsp3) is 0.200. The lowest BCUT2D eigenvalue weighted by Gasteiger charge is -2.17. The number of nitrogens with two attached hydrogens (primary N) is 1. The normalized spacial score (nSPS) is 12.5. The Morgan fingerprint density at radius 2 is 1.74 bits per heavy atom. The lowest BCUT2D eigenvalue weighted by Crippen LogP contribution is -2.13. The van der Waals surface area contributed by atoms with Gasteiger partial charge in [0.2, 0.25) is 0 Å². The number of hydrogen-bond donors (Lipinski definition) is 1. The molecular weight excluding hydrogens is 420 g/mol. The fourth-order valence-electron chi connectivity index (χ4n) is 2.09. The topological polar surface area (TPSA) is 26.0 Å². The minimum absolute atomic E-state index is 0.155. The number of aryl methyl sites for hydroxylation is 2. The van der Waals surface area contributed by atoms with Crippen LogP contribution in [-0.2, 0) is 0 Å². The highest BCUT2D eigenvalue weighted by atomic mass is 127. The molecule has 0 aliphatic heterocycles. The van der Waals surface area contributed by atoms with Crippen molar-refractivity contribution in [2.24, 2.45) is 5.73 Å². The second-order valence-corrected chi connectivity index (χ2v) is 6.71. The molecule has 2 aromatic carbocycles. The Balaban J connectivity index is 2.49. The van der Waals surface area contributed by atoms with E-state index in [1.54, 1.807) is 13.8 Å². The van der Waals surface area contributed by atoms with Gasteiger partial charge in [-0.1, -0.05) is 28.1 Å². The quantitative estimate of drug-likeness (QED) is 0.672. The SMILES string of the molecule is Cc1cc(C(N)c2cc(I)ccc2Br)cc(C)c1F. The zero-order valence-corrected chi connectivity index (χ0v) is 14.4. The highest BCUT2D eigenvalue weighted by molar-refractivity contribution is 14.1. The molecule has 0 spiro atoms. The highest BCUT2D eigenvalue weighted by Crippen LogP contribution is 2.30. The molecule has 0 saturated carbocycles. The van der Waals surface area contributed by atoms with Crippen LogP contribution in [-0.4, -0.2) is 0 Å². The first-order valence-electron chi connectivity index (χ1n) is 5.87. The van der Waals surface area contributed by atoms with Crippen molar-refractivity contribution < 1.29 is 4.39 Å². The molecule has 1 atom stereocenters. The van der Waals surface area contributed by atoms with Crippen LogP contribution in [0, 0.1) is 23.2 Å². The van der Waals surface area contributed by atoms with E-state index in [0.717, 1.165) is 19.2 Å². The zero-order chi connectivity index (χ0) is 14.2. The van der Waals surface area contributed by atoms with Crippen LogP contribution in [0.2, 0.25) is 0 Å². The summed E-state index contributed by atoms with van der Waals surface area (Å²) in [6, 6.07) is 9.42. The third-order valence-corrected chi connectivity index (χ3v) is 4.50. The van der Waals surface area contributed by atoms with Crippen LogP contribution in [0.4, 0.5) is 4.39 Å². The first-order valence-corrected chi connectivity index (χ1v) is 7.74. The first-order chi connectivity index (χ1) is 8.90. The largest absolute Gasteiger partial charge is 0.320 e. The molecule has 2 aromatic rings. The van der Waals surface area contributed by atoms with Crippen molar-refractivity contribution in [3.8, 4) is 0 Å². The van der Waals surface area contributed by atoms with Crippen LogP contribution >= 0.6 is 38.5 Å². The molecule has 0 heterocycles. The minimum atomic E-state index is -0.262. The molecule has 2 rings (SSSR count). The Morgan fingerprint density at radius 3 is 2.32 bits per heavy atom. The van der Waals surface area contributed by atoms with Gasteiger partial charge < -0.3 is 5.73 Å². The molecule has 0 aliphatic carbocycles. The maximum absolute atomic E-state index is 13.7. The van der Waals surface area contributed by atoms with Gasteiger partial charge >= 0.3 is 0 Å². The third kappa shape index (κ3) is 3.17. The van der Waals surface area contributed by atoms with Gasteiger partial charge in [-0.2, -0.15) is 0 Å². The second kappa shape index (κ2) is 5.89. The molecule has 0 aromatic heterocycles. The summed E-state index contributed by atoms with van der Waals surface area (Å²) in [6.07, 6.45) is 0. The maximum Gasteiger partial charge on any atom is 0.129 e. The van der Waals surface area contributed by atoms with E-state index >= 15 is 0 Å². The van der Waals surface area contributed by atoms with E-state index in [1.807, 2.05) is 30.3 Å². The summed E-state index contributed by atoms with van der Waals surface area (Å²) in [5, 5.41) is 0. The van der Waals surface area contributed by atoms with Gasteiger partial charge in [0.15, 0.2) is 0 Å². The average molecular weight is 434 g/mol. The highest BCUT2D eigenvalue weighted by Gasteiger charge is 2.15. The molecule has 0 bridgehead atoms. The number of benzene rings is 2. The van der Waals surface area contributed by atoms with Crippen molar-refractivity contribution in [2.75, 3.05) is 0 Å². The summed E-state index contributed by atoms with van der Waals surface area (Å²) in [7, 11) is 0. The molecule has 0 fully saturated rings. The van der Waals surface area contributed by atoms with Crippen molar-refractivity contribution in [1.82, 2.24) is 0 Å². The van der Waals surface area contributed by atoms with Gasteiger partial charge in [-0.25, -0.2) is 4.39 Å². The molecule has 1 unspecified atom stereocenters. The van der Waals surface area contributed by atoms with Gasteiger partial charge in [0.1, 0.15) is 5.82 Å². The van der Waals surface area contributed by atoms with Gasteiger partial charge in [0.05, 0.1) is 6.04 Å². The van der Waals surface area contributed by atoms with Crippen LogP contribution in [0.1, 0.15) is 28.3 Å². The van der Waals surface area contributed by atoms with Crippen LogP contribution in [0.15, 0.2) is 34.8 Å². The molecule has 19 heavy (non-hydrogen) atoms. The van der Waals surface area contributed by atoms with Crippen molar-refractivity contribution in [3.63, 3.8) is 0 Å². The Hall–Kier alpha value is -0.460. The summed E-state index contributed by atoms with van der Waals surface area (Å²) < 4.78 is 15.8. The van der Waals surface area contributed by atoms with E-state index < -0.39 is 0 Å². The Labute approximate surface area is 134 Å². The predicted octanol–water partition coefficient (Wildman–Crippen LogP) is 4.86. The standard InChI is InChI=1S/C15H14BrFIN/c1-8-5-10(6-9(2)14(8)17)15(19)12-7-11(18)3-4-13(12)16/h3-7,15H,19H2,1-2H3. The predicted molar refractivity (Wildman–Crippen MR) is 88.8 cm³/mol. The van der Waals surface area contributed by atoms with Crippen LogP contribution < -0.4 is 5.73 Å². The summed E-state index contributed by atoms with van der Waals surface area (Å²) in [5.74, 6) is -0.155. The van der Waals surface area contributed by atoms with Gasteiger partial charge in [-0.3, -0.25) is 0 Å². The summed E-state index contributed by atoms with van der Waals surface area (Å²) in [4.78, 5) is 0. The first kappa shape index (κ1) is 14.9. The minimum Gasteiger partial charge on any atom is -0.320 e. The van der Waals surface area contributed by atoms with Gasteiger partial charge in [0, 0.05) is 8.04 Å². The fourth-order valence-corrected chi connectivity index (χ4v) is 3.10. The van der Waals surface area contributed by atoms with E-state index in [2.05, 4.69) is 38.5 Å². The molecule has 0 radical (unpaired) electrons. The molecule has 0 saturated heterocycles. The smallest absolute Gasteiger partial charge is 0.129 e. The molecule has 0 aliphatic rings.